The van der Waals surface area contributed by atoms with Gasteiger partial charge in [-0.25, -0.2) is 4.79 Å². The number of nitrogens with zero attached hydrogens (tertiary/aromatic N) is 2. The highest BCUT2D eigenvalue weighted by molar-refractivity contribution is 6.36. The maximum Gasteiger partial charge on any atom is 0.321 e. The van der Waals surface area contributed by atoms with E-state index in [1.165, 1.54) is 0 Å². The van der Waals surface area contributed by atoms with Gasteiger partial charge in [0, 0.05) is 40.4 Å². The Hall–Kier alpha value is -2.11. The van der Waals surface area contributed by atoms with Crippen LogP contribution in [-0.2, 0) is 0 Å². The van der Waals surface area contributed by atoms with Crippen LogP contribution in [-0.4, -0.2) is 30.6 Å². The molecule has 1 N–H and O–H groups in total. The van der Waals surface area contributed by atoms with Gasteiger partial charge in [0.05, 0.1) is 16.8 Å². The molecule has 1 fully saturated rings. The summed E-state index contributed by atoms with van der Waals surface area (Å²) in [7, 11) is 0. The van der Waals surface area contributed by atoms with E-state index >= 15 is 0 Å². The summed E-state index contributed by atoms with van der Waals surface area (Å²) < 4.78 is 0. The van der Waals surface area contributed by atoms with E-state index in [2.05, 4.69) is 10.2 Å². The predicted molar refractivity (Wildman–Crippen MR) is 130 cm³/mol. The molecule has 1 aliphatic heterocycles. The van der Waals surface area contributed by atoms with Gasteiger partial charge < -0.3 is 15.1 Å². The van der Waals surface area contributed by atoms with Gasteiger partial charge in [-0.1, -0.05) is 58.5 Å². The van der Waals surface area contributed by atoms with Crippen molar-refractivity contribution in [2.75, 3.05) is 29.9 Å². The quantitative estimate of drug-likeness (QED) is 0.411. The molecule has 8 heteroatoms. The van der Waals surface area contributed by atoms with Crippen molar-refractivity contribution in [1.82, 2.24) is 4.90 Å². The zero-order valence-electron chi connectivity index (χ0n) is 16.4. The first-order valence-electron chi connectivity index (χ1n) is 9.69. The molecule has 0 aromatic heterocycles. The third-order valence-corrected chi connectivity index (χ3v) is 6.28. The summed E-state index contributed by atoms with van der Waals surface area (Å²) in [6.07, 6.45) is 0. The van der Waals surface area contributed by atoms with Gasteiger partial charge in [0.2, 0.25) is 0 Å². The second-order valence-corrected chi connectivity index (χ2v) is 8.96. The number of anilines is 2. The first-order chi connectivity index (χ1) is 14.9. The van der Waals surface area contributed by atoms with Crippen molar-refractivity contribution in [1.29, 1.82) is 0 Å². The Morgan fingerprint density at radius 2 is 1.42 bits per heavy atom. The van der Waals surface area contributed by atoms with Crippen LogP contribution in [0.1, 0.15) is 11.6 Å². The molecule has 1 aliphatic rings. The van der Waals surface area contributed by atoms with Crippen molar-refractivity contribution in [3.63, 3.8) is 0 Å². The van der Waals surface area contributed by atoms with Crippen LogP contribution in [0.15, 0.2) is 66.7 Å². The fourth-order valence-corrected chi connectivity index (χ4v) is 4.44. The molecule has 3 aromatic rings. The second kappa shape index (κ2) is 9.58. The number of piperazine rings is 1. The first kappa shape index (κ1) is 22.1. The van der Waals surface area contributed by atoms with Gasteiger partial charge in [0.25, 0.3) is 0 Å². The van der Waals surface area contributed by atoms with Gasteiger partial charge >= 0.3 is 6.03 Å². The summed E-state index contributed by atoms with van der Waals surface area (Å²) in [5, 5.41) is 5.37. The Morgan fingerprint density at radius 1 is 0.806 bits per heavy atom. The van der Waals surface area contributed by atoms with Gasteiger partial charge in [-0.05, 0) is 60.2 Å². The summed E-state index contributed by atoms with van der Waals surface area (Å²) >= 11 is 24.6. The van der Waals surface area contributed by atoms with Gasteiger partial charge in [0.15, 0.2) is 0 Å². The molecule has 1 atom stereocenters. The van der Waals surface area contributed by atoms with Crippen LogP contribution in [0.25, 0.3) is 0 Å². The van der Waals surface area contributed by atoms with Crippen LogP contribution in [0.4, 0.5) is 16.2 Å². The number of hydrogen-bond acceptors (Lipinski definition) is 2. The molecule has 160 valence electrons. The number of hydrogen-bond donors (Lipinski definition) is 1. The third-order valence-electron chi connectivity index (χ3n) is 5.24. The van der Waals surface area contributed by atoms with Crippen molar-refractivity contribution < 1.29 is 4.79 Å². The van der Waals surface area contributed by atoms with Gasteiger partial charge in [0.1, 0.15) is 0 Å². The normalized spacial score (nSPS) is 16.3. The zero-order valence-corrected chi connectivity index (χ0v) is 19.4. The number of nitrogens with one attached hydrogen (secondary N) is 1. The summed E-state index contributed by atoms with van der Waals surface area (Å²) in [6.45, 7) is 1.64. The highest BCUT2D eigenvalue weighted by Crippen LogP contribution is 2.37. The van der Waals surface area contributed by atoms with E-state index in [0.717, 1.165) is 11.3 Å². The molecule has 0 bridgehead atoms. The van der Waals surface area contributed by atoms with Gasteiger partial charge in [-0.15, -0.1) is 0 Å². The lowest BCUT2D eigenvalue weighted by Crippen LogP contribution is -2.51. The largest absolute Gasteiger partial charge is 0.360 e. The van der Waals surface area contributed by atoms with Crippen molar-refractivity contribution >= 4 is 63.8 Å². The maximum absolute atomic E-state index is 12.9. The van der Waals surface area contributed by atoms with E-state index in [1.807, 2.05) is 36.4 Å². The molecule has 4 rings (SSSR count). The number of rotatable bonds is 3. The summed E-state index contributed by atoms with van der Waals surface area (Å²) in [5.74, 6) is 0. The minimum Gasteiger partial charge on any atom is -0.360 e. The molecule has 2 amide bonds. The highest BCUT2D eigenvalue weighted by Gasteiger charge is 2.32. The van der Waals surface area contributed by atoms with Crippen LogP contribution >= 0.6 is 46.4 Å². The second-order valence-electron chi connectivity index (χ2n) is 7.24. The summed E-state index contributed by atoms with van der Waals surface area (Å²) in [5.41, 5.74) is 2.61. The molecule has 0 aliphatic carbocycles. The average Bonchev–Trinajstić information content (AvgIpc) is 2.76. The number of urea groups is 1. The minimum atomic E-state index is -0.164. The van der Waals surface area contributed by atoms with Crippen molar-refractivity contribution in [2.45, 2.75) is 6.04 Å². The van der Waals surface area contributed by atoms with E-state index in [4.69, 9.17) is 46.4 Å². The highest BCUT2D eigenvalue weighted by atomic mass is 35.5. The summed E-state index contributed by atoms with van der Waals surface area (Å²) in [4.78, 5) is 16.9. The Balaban J connectivity index is 1.59. The van der Waals surface area contributed by atoms with Crippen LogP contribution in [0.5, 0.6) is 0 Å². The number of benzene rings is 3. The molecule has 1 unspecified atom stereocenters. The predicted octanol–water partition coefficient (Wildman–Crippen LogP) is 7.40. The lowest BCUT2D eigenvalue weighted by molar-refractivity contribution is 0.198. The Bertz CT molecular complexity index is 1070. The van der Waals surface area contributed by atoms with Crippen LogP contribution < -0.4 is 10.2 Å². The van der Waals surface area contributed by atoms with Crippen molar-refractivity contribution in [3.05, 3.63) is 92.4 Å². The van der Waals surface area contributed by atoms with Crippen LogP contribution in [0, 0.1) is 0 Å². The molecule has 31 heavy (non-hydrogen) atoms. The van der Waals surface area contributed by atoms with Gasteiger partial charge in [-0.2, -0.15) is 0 Å². The lowest BCUT2D eigenvalue weighted by atomic mass is 10.0. The topological polar surface area (TPSA) is 35.6 Å². The molecule has 0 spiro atoms. The molecule has 0 radical (unpaired) electrons. The Morgan fingerprint density at radius 3 is 2.06 bits per heavy atom. The molecular formula is C23H19Cl4N3O. The van der Waals surface area contributed by atoms with Crippen molar-refractivity contribution in [3.8, 4) is 0 Å². The van der Waals surface area contributed by atoms with Gasteiger partial charge in [-0.3, -0.25) is 0 Å². The van der Waals surface area contributed by atoms with Crippen LogP contribution in [0.3, 0.4) is 0 Å². The van der Waals surface area contributed by atoms with E-state index in [-0.39, 0.29) is 12.1 Å². The maximum atomic E-state index is 12.9. The molecule has 4 nitrogen and oxygen atoms in total. The molecule has 3 aromatic carbocycles. The SMILES string of the molecule is O=C(Nc1ccc(Cl)cc1)N1CCN(c2ccc(Cl)cc2Cl)C(c2ccc(Cl)cc2)C1. The van der Waals surface area contributed by atoms with E-state index in [0.29, 0.717) is 45.4 Å². The fraction of sp³-hybridized carbons (Fsp3) is 0.174. The number of amides is 2. The van der Waals surface area contributed by atoms with E-state index in [9.17, 15) is 4.79 Å². The number of carbonyl (C=O) groups excluding carboxylic acids is 1. The molecule has 1 heterocycles. The smallest absolute Gasteiger partial charge is 0.321 e. The first-order valence-corrected chi connectivity index (χ1v) is 11.2. The fourth-order valence-electron chi connectivity index (χ4n) is 3.68. The lowest BCUT2D eigenvalue weighted by Gasteiger charge is -2.43. The van der Waals surface area contributed by atoms with E-state index in [1.54, 1.807) is 35.2 Å². The Labute approximate surface area is 201 Å². The summed E-state index contributed by atoms with van der Waals surface area (Å²) in [6, 6.07) is 19.9. The average molecular weight is 495 g/mol. The number of carbonyl (C=O) groups is 1. The molecule has 1 saturated heterocycles. The third kappa shape index (κ3) is 5.21. The molecule has 0 saturated carbocycles. The standard InChI is InChI=1S/C23H19Cl4N3O/c24-16-3-1-15(2-4-16)22-14-29(23(31)28-19-8-5-17(25)6-9-19)11-12-30(22)21-10-7-18(26)13-20(21)27/h1-10,13,22H,11-12,14H2,(H,28,31). The molecular weight excluding hydrogens is 476 g/mol. The zero-order chi connectivity index (χ0) is 22.0. The number of halogens is 4. The van der Waals surface area contributed by atoms with Crippen LogP contribution in [0.2, 0.25) is 20.1 Å². The van der Waals surface area contributed by atoms with E-state index < -0.39 is 0 Å². The van der Waals surface area contributed by atoms with Crippen molar-refractivity contribution in [2.24, 2.45) is 0 Å². The monoisotopic (exact) mass is 493 g/mol. The minimum absolute atomic E-state index is 0.0966. The Kier molecular flexibility index (Phi) is 6.83.